The van der Waals surface area contributed by atoms with Gasteiger partial charge in [0.15, 0.2) is 6.61 Å². The van der Waals surface area contributed by atoms with Crippen molar-refractivity contribution in [3.8, 4) is 0 Å². The molecule has 1 saturated carbocycles. The van der Waals surface area contributed by atoms with Gasteiger partial charge in [-0.25, -0.2) is 0 Å². The number of rotatable bonds is 7. The van der Waals surface area contributed by atoms with Crippen molar-refractivity contribution < 1.29 is 19.1 Å². The van der Waals surface area contributed by atoms with Gasteiger partial charge in [-0.1, -0.05) is 32.0 Å². The molecule has 1 aliphatic carbocycles. The number of esters is 1. The molecule has 1 aromatic rings. The lowest BCUT2D eigenvalue weighted by Gasteiger charge is -2.10. The van der Waals surface area contributed by atoms with Crippen LogP contribution in [0.2, 0.25) is 0 Å². The van der Waals surface area contributed by atoms with E-state index in [1.54, 1.807) is 0 Å². The lowest BCUT2D eigenvalue weighted by atomic mass is 10.1. The van der Waals surface area contributed by atoms with Gasteiger partial charge in [-0.15, -0.1) is 0 Å². The van der Waals surface area contributed by atoms with Crippen LogP contribution in [-0.4, -0.2) is 30.9 Å². The molecule has 6 heteroatoms. The summed E-state index contributed by atoms with van der Waals surface area (Å²) < 4.78 is 4.90. The van der Waals surface area contributed by atoms with Gasteiger partial charge in [0.25, 0.3) is 5.91 Å². The van der Waals surface area contributed by atoms with E-state index < -0.39 is 5.91 Å². The second kappa shape index (κ2) is 7.76. The summed E-state index contributed by atoms with van der Waals surface area (Å²) in [5.41, 5.74) is 1.77. The van der Waals surface area contributed by atoms with Crippen molar-refractivity contribution in [2.45, 2.75) is 26.7 Å². The van der Waals surface area contributed by atoms with E-state index in [4.69, 9.17) is 4.74 Å². The van der Waals surface area contributed by atoms with Crippen LogP contribution < -0.4 is 10.6 Å². The fraction of sp³-hybridized carbons (Fsp3) is 0.471. The number of carbonyl (C=O) groups excluding carboxylic acids is 3. The standard InChI is InChI=1S/C17H22N2O4/c1-3-12-6-4-5-7-14(12)19-15(20)9-18-16(21)10-23-17(22)13-8-11(13)2/h4-7,11,13H,3,8-10H2,1-2H3,(H,18,21)(H,19,20)/t11-,13+/m1/s1. The van der Waals surface area contributed by atoms with Gasteiger partial charge in [-0.2, -0.15) is 0 Å². The Bertz CT molecular complexity index is 600. The molecule has 6 nitrogen and oxygen atoms in total. The Morgan fingerprint density at radius 2 is 1.91 bits per heavy atom. The molecule has 0 radical (unpaired) electrons. The lowest BCUT2D eigenvalue weighted by Crippen LogP contribution is -2.35. The van der Waals surface area contributed by atoms with Gasteiger partial charge in [0.2, 0.25) is 5.91 Å². The minimum Gasteiger partial charge on any atom is -0.455 e. The van der Waals surface area contributed by atoms with Gasteiger partial charge in [-0.05, 0) is 30.4 Å². The van der Waals surface area contributed by atoms with Crippen LogP contribution in [0.5, 0.6) is 0 Å². The Labute approximate surface area is 135 Å². The molecule has 124 valence electrons. The average Bonchev–Trinajstić information content (AvgIpc) is 3.28. The molecule has 0 aromatic heterocycles. The van der Waals surface area contributed by atoms with E-state index in [-0.39, 0.29) is 30.9 Å². The maximum Gasteiger partial charge on any atom is 0.309 e. The minimum absolute atomic E-state index is 0.0726. The highest BCUT2D eigenvalue weighted by Crippen LogP contribution is 2.38. The molecule has 2 amide bonds. The zero-order valence-corrected chi connectivity index (χ0v) is 13.4. The quantitative estimate of drug-likeness (QED) is 0.746. The number of hydrogen-bond acceptors (Lipinski definition) is 4. The fourth-order valence-electron chi connectivity index (χ4n) is 2.27. The van der Waals surface area contributed by atoms with Crippen LogP contribution in [0.25, 0.3) is 0 Å². The molecule has 1 aromatic carbocycles. The van der Waals surface area contributed by atoms with Crippen molar-refractivity contribution >= 4 is 23.5 Å². The lowest BCUT2D eigenvalue weighted by molar-refractivity contribution is -0.150. The largest absolute Gasteiger partial charge is 0.455 e. The summed E-state index contributed by atoms with van der Waals surface area (Å²) in [6.07, 6.45) is 1.62. The zero-order valence-electron chi connectivity index (χ0n) is 13.4. The van der Waals surface area contributed by atoms with Crippen LogP contribution >= 0.6 is 0 Å². The predicted octanol–water partition coefficient (Wildman–Crippen LogP) is 1.50. The third-order valence-corrected chi connectivity index (χ3v) is 3.88. The van der Waals surface area contributed by atoms with Crippen LogP contribution in [-0.2, 0) is 25.5 Å². The van der Waals surface area contributed by atoms with Gasteiger partial charge >= 0.3 is 5.97 Å². The number of aryl methyl sites for hydroxylation is 1. The highest BCUT2D eigenvalue weighted by atomic mass is 16.5. The number of para-hydroxylation sites is 1. The summed E-state index contributed by atoms with van der Waals surface area (Å²) >= 11 is 0. The maximum atomic E-state index is 11.9. The van der Waals surface area contributed by atoms with Crippen molar-refractivity contribution in [2.24, 2.45) is 11.8 Å². The number of hydrogen-bond donors (Lipinski definition) is 2. The molecule has 1 fully saturated rings. The molecule has 2 atom stereocenters. The number of nitrogens with one attached hydrogen (secondary N) is 2. The fourth-order valence-corrected chi connectivity index (χ4v) is 2.27. The topological polar surface area (TPSA) is 84.5 Å². The third kappa shape index (κ3) is 5.09. The maximum absolute atomic E-state index is 11.9. The van der Waals surface area contributed by atoms with E-state index in [1.807, 2.05) is 38.1 Å². The summed E-state index contributed by atoms with van der Waals surface area (Å²) in [5, 5.41) is 5.19. The van der Waals surface area contributed by atoms with Crippen LogP contribution in [0.3, 0.4) is 0 Å². The molecular weight excluding hydrogens is 296 g/mol. The van der Waals surface area contributed by atoms with Gasteiger partial charge < -0.3 is 15.4 Å². The Morgan fingerprint density at radius 3 is 2.57 bits per heavy atom. The highest BCUT2D eigenvalue weighted by molar-refractivity contribution is 5.95. The molecular formula is C17H22N2O4. The van der Waals surface area contributed by atoms with Gasteiger partial charge in [0, 0.05) is 5.69 Å². The summed E-state index contributed by atoms with van der Waals surface area (Å²) in [4.78, 5) is 34.9. The van der Waals surface area contributed by atoms with Crippen molar-refractivity contribution in [1.82, 2.24) is 5.32 Å². The second-order valence-electron chi connectivity index (χ2n) is 5.76. The molecule has 0 bridgehead atoms. The predicted molar refractivity (Wildman–Crippen MR) is 85.7 cm³/mol. The van der Waals surface area contributed by atoms with E-state index in [0.29, 0.717) is 5.92 Å². The second-order valence-corrected chi connectivity index (χ2v) is 5.76. The first-order valence-corrected chi connectivity index (χ1v) is 7.82. The first kappa shape index (κ1) is 17.0. The molecule has 2 rings (SSSR count). The Hall–Kier alpha value is -2.37. The molecule has 0 aliphatic heterocycles. The summed E-state index contributed by atoms with van der Waals surface area (Å²) in [6.45, 7) is 3.46. The molecule has 0 saturated heterocycles. The molecule has 2 N–H and O–H groups in total. The van der Waals surface area contributed by atoms with Crippen LogP contribution in [0.15, 0.2) is 24.3 Å². The molecule has 0 spiro atoms. The number of ether oxygens (including phenoxy) is 1. The Balaban J connectivity index is 1.69. The first-order valence-electron chi connectivity index (χ1n) is 7.82. The van der Waals surface area contributed by atoms with Crippen molar-refractivity contribution in [3.63, 3.8) is 0 Å². The Morgan fingerprint density at radius 1 is 1.22 bits per heavy atom. The van der Waals surface area contributed by atoms with Crippen LogP contribution in [0.4, 0.5) is 5.69 Å². The zero-order chi connectivity index (χ0) is 16.8. The summed E-state index contributed by atoms with van der Waals surface area (Å²) in [5.74, 6) is -0.868. The number of benzene rings is 1. The van der Waals surface area contributed by atoms with E-state index in [0.717, 1.165) is 24.1 Å². The van der Waals surface area contributed by atoms with Crippen molar-refractivity contribution in [2.75, 3.05) is 18.5 Å². The van der Waals surface area contributed by atoms with Gasteiger partial charge in [0.1, 0.15) is 0 Å². The molecule has 23 heavy (non-hydrogen) atoms. The minimum atomic E-state index is -0.481. The van der Waals surface area contributed by atoms with Gasteiger partial charge in [-0.3, -0.25) is 14.4 Å². The van der Waals surface area contributed by atoms with E-state index in [2.05, 4.69) is 10.6 Å². The monoisotopic (exact) mass is 318 g/mol. The third-order valence-electron chi connectivity index (χ3n) is 3.88. The molecule has 1 aliphatic rings. The SMILES string of the molecule is CCc1ccccc1NC(=O)CNC(=O)COC(=O)[C@H]1C[C@H]1C. The van der Waals surface area contributed by atoms with E-state index in [9.17, 15) is 14.4 Å². The normalized spacial score (nSPS) is 18.9. The number of carbonyl (C=O) groups is 3. The highest BCUT2D eigenvalue weighted by Gasteiger charge is 2.40. The molecule has 0 unspecified atom stereocenters. The van der Waals surface area contributed by atoms with Crippen molar-refractivity contribution in [1.29, 1.82) is 0 Å². The number of amides is 2. The Kier molecular flexibility index (Phi) is 5.73. The van der Waals surface area contributed by atoms with Gasteiger partial charge in [0.05, 0.1) is 12.5 Å². The smallest absolute Gasteiger partial charge is 0.309 e. The molecule has 0 heterocycles. The average molecular weight is 318 g/mol. The van der Waals surface area contributed by atoms with E-state index >= 15 is 0 Å². The number of anilines is 1. The van der Waals surface area contributed by atoms with Crippen LogP contribution in [0, 0.1) is 11.8 Å². The summed E-state index contributed by atoms with van der Waals surface area (Å²) in [7, 11) is 0. The summed E-state index contributed by atoms with van der Waals surface area (Å²) in [6, 6.07) is 7.50. The van der Waals surface area contributed by atoms with Crippen molar-refractivity contribution in [3.05, 3.63) is 29.8 Å². The van der Waals surface area contributed by atoms with Crippen LogP contribution in [0.1, 0.15) is 25.8 Å². The van der Waals surface area contributed by atoms with E-state index in [1.165, 1.54) is 0 Å². The first-order chi connectivity index (χ1) is 11.0.